The number of aliphatic hydroxyl groups is 1. The Bertz CT molecular complexity index is 522. The van der Waals surface area contributed by atoms with Crippen molar-refractivity contribution in [2.75, 3.05) is 0 Å². The van der Waals surface area contributed by atoms with Gasteiger partial charge in [0.1, 0.15) is 0 Å². The summed E-state index contributed by atoms with van der Waals surface area (Å²) >= 11 is 0. The summed E-state index contributed by atoms with van der Waals surface area (Å²) in [4.78, 5) is 4.31. The molecule has 0 radical (unpaired) electrons. The molecule has 2 unspecified atom stereocenters. The lowest BCUT2D eigenvalue weighted by molar-refractivity contribution is 0.149. The molecule has 18 heavy (non-hydrogen) atoms. The summed E-state index contributed by atoms with van der Waals surface area (Å²) < 4.78 is 0. The van der Waals surface area contributed by atoms with E-state index < -0.39 is 6.10 Å². The van der Waals surface area contributed by atoms with Crippen LogP contribution in [-0.2, 0) is 0 Å². The number of hydrogen-bond acceptors (Lipinski definition) is 2. The number of rotatable bonds is 3. The molecule has 0 aliphatic heterocycles. The minimum absolute atomic E-state index is 0.00685. The van der Waals surface area contributed by atoms with Gasteiger partial charge in [-0.1, -0.05) is 36.8 Å². The number of aliphatic hydroxyl groups excluding tert-OH is 1. The number of nitrogens with zero attached hydrogens (tertiary/aromatic N) is 1. The molecule has 1 aromatic heterocycles. The van der Waals surface area contributed by atoms with Crippen LogP contribution in [0.5, 0.6) is 0 Å². The summed E-state index contributed by atoms with van der Waals surface area (Å²) in [6.07, 6.45) is 1.25. The maximum absolute atomic E-state index is 10.5. The average molecular weight is 241 g/mol. The van der Waals surface area contributed by atoms with Crippen LogP contribution < -0.4 is 0 Å². The van der Waals surface area contributed by atoms with Crippen molar-refractivity contribution in [3.8, 4) is 0 Å². The molecule has 94 valence electrons. The molecule has 1 aromatic carbocycles. The van der Waals surface area contributed by atoms with Crippen molar-refractivity contribution in [1.29, 1.82) is 0 Å². The second-order valence-corrected chi connectivity index (χ2v) is 4.85. The maximum Gasteiger partial charge on any atom is 0.0873 e. The first-order valence-corrected chi connectivity index (χ1v) is 6.25. The van der Waals surface area contributed by atoms with Crippen molar-refractivity contribution in [2.45, 2.75) is 32.8 Å². The van der Waals surface area contributed by atoms with E-state index in [0.29, 0.717) is 0 Å². The van der Waals surface area contributed by atoms with Gasteiger partial charge in [-0.05, 0) is 37.1 Å². The van der Waals surface area contributed by atoms with E-state index in [9.17, 15) is 5.11 Å². The van der Waals surface area contributed by atoms with Gasteiger partial charge in [0.05, 0.1) is 6.10 Å². The molecule has 0 aliphatic carbocycles. The molecule has 2 rings (SSSR count). The molecule has 1 N–H and O–H groups in total. The summed E-state index contributed by atoms with van der Waals surface area (Å²) in [7, 11) is 0. The fourth-order valence-corrected chi connectivity index (χ4v) is 2.23. The van der Waals surface area contributed by atoms with E-state index in [0.717, 1.165) is 16.8 Å². The van der Waals surface area contributed by atoms with Gasteiger partial charge < -0.3 is 5.11 Å². The topological polar surface area (TPSA) is 33.1 Å². The lowest BCUT2D eigenvalue weighted by atomic mass is 9.91. The number of benzene rings is 1. The van der Waals surface area contributed by atoms with E-state index in [4.69, 9.17) is 0 Å². The molecule has 2 nitrogen and oxygen atoms in total. The van der Waals surface area contributed by atoms with Gasteiger partial charge >= 0.3 is 0 Å². The molecule has 0 saturated heterocycles. The highest BCUT2D eigenvalue weighted by Crippen LogP contribution is 2.31. The van der Waals surface area contributed by atoms with Crippen LogP contribution in [0.2, 0.25) is 0 Å². The van der Waals surface area contributed by atoms with Crippen LogP contribution in [0.15, 0.2) is 42.6 Å². The third-order valence-corrected chi connectivity index (χ3v) is 3.37. The summed E-state index contributed by atoms with van der Waals surface area (Å²) in [5.41, 5.74) is 4.25. The van der Waals surface area contributed by atoms with Crippen LogP contribution in [-0.4, -0.2) is 10.1 Å². The van der Waals surface area contributed by atoms with Gasteiger partial charge in [0.15, 0.2) is 0 Å². The number of aromatic nitrogens is 1. The normalized spacial score (nSPS) is 14.2. The van der Waals surface area contributed by atoms with Gasteiger partial charge in [0.25, 0.3) is 0 Å². The third-order valence-electron chi connectivity index (χ3n) is 3.37. The molecule has 0 saturated carbocycles. The molecule has 0 amide bonds. The zero-order chi connectivity index (χ0) is 13.1. The Hall–Kier alpha value is -1.67. The quantitative estimate of drug-likeness (QED) is 0.891. The highest BCUT2D eigenvalue weighted by molar-refractivity contribution is 5.33. The van der Waals surface area contributed by atoms with Crippen molar-refractivity contribution in [1.82, 2.24) is 4.98 Å². The monoisotopic (exact) mass is 241 g/mol. The maximum atomic E-state index is 10.5. The van der Waals surface area contributed by atoms with E-state index >= 15 is 0 Å². The smallest absolute Gasteiger partial charge is 0.0873 e. The highest BCUT2D eigenvalue weighted by Gasteiger charge is 2.20. The van der Waals surface area contributed by atoms with Gasteiger partial charge in [-0.3, -0.25) is 4.98 Å². The molecule has 2 atom stereocenters. The molecular formula is C16H19NO. The fraction of sp³-hybridized carbons (Fsp3) is 0.312. The van der Waals surface area contributed by atoms with Crippen LogP contribution in [0, 0.1) is 13.8 Å². The van der Waals surface area contributed by atoms with Crippen molar-refractivity contribution in [2.24, 2.45) is 0 Å². The Balaban J connectivity index is 2.28. The standard InChI is InChI=1S/C16H19NO/c1-11-7-8-14(12(2)10-11)16(18)13(3)15-6-4-5-9-17-15/h4-10,13,16,18H,1-3H3. The average Bonchev–Trinajstić information content (AvgIpc) is 2.38. The second kappa shape index (κ2) is 5.32. The first-order valence-electron chi connectivity index (χ1n) is 6.25. The minimum atomic E-state index is -0.513. The highest BCUT2D eigenvalue weighted by atomic mass is 16.3. The van der Waals surface area contributed by atoms with Crippen molar-refractivity contribution >= 4 is 0 Å². The van der Waals surface area contributed by atoms with Crippen LogP contribution in [0.4, 0.5) is 0 Å². The largest absolute Gasteiger partial charge is 0.388 e. The van der Waals surface area contributed by atoms with Crippen LogP contribution in [0.1, 0.15) is 41.3 Å². The molecule has 0 bridgehead atoms. The van der Waals surface area contributed by atoms with Gasteiger partial charge in [0.2, 0.25) is 0 Å². The Kier molecular flexibility index (Phi) is 3.78. The van der Waals surface area contributed by atoms with Crippen LogP contribution >= 0.6 is 0 Å². The van der Waals surface area contributed by atoms with E-state index in [1.807, 2.05) is 44.2 Å². The van der Waals surface area contributed by atoms with Gasteiger partial charge in [0, 0.05) is 17.8 Å². The fourth-order valence-electron chi connectivity index (χ4n) is 2.23. The molecule has 0 fully saturated rings. The Morgan fingerprint density at radius 2 is 1.89 bits per heavy atom. The minimum Gasteiger partial charge on any atom is -0.388 e. The molecule has 1 heterocycles. The number of aryl methyl sites for hydroxylation is 2. The Morgan fingerprint density at radius 3 is 2.50 bits per heavy atom. The van der Waals surface area contributed by atoms with Crippen molar-refractivity contribution in [3.63, 3.8) is 0 Å². The predicted octanol–water partition coefficient (Wildman–Crippen LogP) is 3.54. The van der Waals surface area contributed by atoms with E-state index in [1.165, 1.54) is 5.56 Å². The molecule has 2 heteroatoms. The van der Waals surface area contributed by atoms with E-state index in [2.05, 4.69) is 18.0 Å². The lowest BCUT2D eigenvalue weighted by Gasteiger charge is -2.20. The first-order chi connectivity index (χ1) is 8.59. The second-order valence-electron chi connectivity index (χ2n) is 4.85. The van der Waals surface area contributed by atoms with Crippen molar-refractivity contribution in [3.05, 3.63) is 65.0 Å². The van der Waals surface area contributed by atoms with E-state index in [1.54, 1.807) is 6.20 Å². The number of hydrogen-bond donors (Lipinski definition) is 1. The number of pyridine rings is 1. The van der Waals surface area contributed by atoms with Gasteiger partial charge in [-0.25, -0.2) is 0 Å². The zero-order valence-corrected chi connectivity index (χ0v) is 11.1. The summed E-state index contributed by atoms with van der Waals surface area (Å²) in [6, 6.07) is 11.9. The molecule has 0 spiro atoms. The van der Waals surface area contributed by atoms with Crippen LogP contribution in [0.3, 0.4) is 0 Å². The molecular weight excluding hydrogens is 222 g/mol. The van der Waals surface area contributed by atoms with Gasteiger partial charge in [-0.15, -0.1) is 0 Å². The SMILES string of the molecule is Cc1ccc(C(O)C(C)c2ccccn2)c(C)c1. The van der Waals surface area contributed by atoms with Gasteiger partial charge in [-0.2, -0.15) is 0 Å². The molecule has 0 aliphatic rings. The van der Waals surface area contributed by atoms with Crippen molar-refractivity contribution < 1.29 is 5.11 Å². The summed E-state index contributed by atoms with van der Waals surface area (Å²) in [5.74, 6) is -0.00685. The third kappa shape index (κ3) is 2.59. The Morgan fingerprint density at radius 1 is 1.11 bits per heavy atom. The molecule has 2 aromatic rings. The predicted molar refractivity (Wildman–Crippen MR) is 73.5 cm³/mol. The van der Waals surface area contributed by atoms with Crippen LogP contribution in [0.25, 0.3) is 0 Å². The first kappa shape index (κ1) is 12.8. The lowest BCUT2D eigenvalue weighted by Crippen LogP contribution is -2.10. The summed E-state index contributed by atoms with van der Waals surface area (Å²) in [6.45, 7) is 6.11. The Labute approximate surface area is 108 Å². The zero-order valence-electron chi connectivity index (χ0n) is 11.1. The van der Waals surface area contributed by atoms with E-state index in [-0.39, 0.29) is 5.92 Å². The summed E-state index contributed by atoms with van der Waals surface area (Å²) in [5, 5.41) is 10.5.